The van der Waals surface area contributed by atoms with E-state index in [0.717, 1.165) is 17.3 Å². The zero-order valence-corrected chi connectivity index (χ0v) is 11.3. The fourth-order valence-electron chi connectivity index (χ4n) is 2.26. The molecule has 0 atom stereocenters. The van der Waals surface area contributed by atoms with Crippen molar-refractivity contribution in [3.05, 3.63) is 28.2 Å². The maximum Gasteiger partial charge on any atom is 0.0410 e. The van der Waals surface area contributed by atoms with Gasteiger partial charge in [0.15, 0.2) is 0 Å². The summed E-state index contributed by atoms with van der Waals surface area (Å²) in [7, 11) is 0. The summed E-state index contributed by atoms with van der Waals surface area (Å²) < 4.78 is 1.14. The molecule has 1 aromatic carbocycles. The molecule has 0 spiro atoms. The van der Waals surface area contributed by atoms with E-state index in [1.165, 1.54) is 23.3 Å². The van der Waals surface area contributed by atoms with Crippen molar-refractivity contribution in [1.82, 2.24) is 0 Å². The van der Waals surface area contributed by atoms with E-state index in [4.69, 9.17) is 5.73 Å². The van der Waals surface area contributed by atoms with E-state index >= 15 is 0 Å². The average molecular weight is 286 g/mol. The summed E-state index contributed by atoms with van der Waals surface area (Å²) in [5.74, 6) is 0. The molecule has 0 heterocycles. The zero-order valence-electron chi connectivity index (χ0n) is 8.92. The third kappa shape index (κ3) is 2.40. The molecule has 0 radical (unpaired) electrons. The molecule has 2 N–H and O–H groups in total. The quantitative estimate of drug-likeness (QED) is 0.834. The number of halogens is 1. The second-order valence-electron chi connectivity index (χ2n) is 4.24. The molecule has 0 bridgehead atoms. The number of nitrogens with two attached hydrogens (primary N) is 1. The summed E-state index contributed by atoms with van der Waals surface area (Å²) >= 11 is 5.33. The second-order valence-corrected chi connectivity index (χ2v) is 6.04. The van der Waals surface area contributed by atoms with E-state index < -0.39 is 0 Å². The Bertz CT molecular complexity index is 359. The van der Waals surface area contributed by atoms with Crippen LogP contribution in [0.4, 0.5) is 0 Å². The normalized spacial score (nSPS) is 19.4. The van der Waals surface area contributed by atoms with E-state index in [1.807, 2.05) is 0 Å². The van der Waals surface area contributed by atoms with Crippen LogP contribution >= 0.6 is 27.7 Å². The predicted octanol–water partition coefficient (Wildman–Crippen LogP) is 3.90. The molecule has 0 amide bonds. The van der Waals surface area contributed by atoms with Crippen molar-refractivity contribution in [3.8, 4) is 0 Å². The van der Waals surface area contributed by atoms with Gasteiger partial charge < -0.3 is 5.73 Å². The lowest BCUT2D eigenvalue weighted by Crippen LogP contribution is -2.33. The van der Waals surface area contributed by atoms with Crippen LogP contribution in [-0.2, 0) is 5.54 Å². The molecule has 2 rings (SSSR count). The lowest BCUT2D eigenvalue weighted by atomic mass is 9.89. The van der Waals surface area contributed by atoms with Crippen LogP contribution in [0.15, 0.2) is 27.6 Å². The molecule has 1 aliphatic rings. The van der Waals surface area contributed by atoms with Crippen molar-refractivity contribution in [1.29, 1.82) is 0 Å². The van der Waals surface area contributed by atoms with E-state index in [2.05, 4.69) is 40.4 Å². The molecule has 1 fully saturated rings. The van der Waals surface area contributed by atoms with Crippen LogP contribution in [0.5, 0.6) is 0 Å². The first-order valence-corrected chi connectivity index (χ1v) is 7.30. The second kappa shape index (κ2) is 4.48. The van der Waals surface area contributed by atoms with Crippen LogP contribution in [0.3, 0.4) is 0 Å². The number of hydrogen-bond acceptors (Lipinski definition) is 2. The van der Waals surface area contributed by atoms with Crippen LogP contribution in [0.1, 0.15) is 31.2 Å². The molecular weight excluding hydrogens is 270 g/mol. The summed E-state index contributed by atoms with van der Waals surface area (Å²) in [6, 6.07) is 6.55. The third-order valence-corrected chi connectivity index (χ3v) is 4.34. The molecule has 82 valence electrons. The van der Waals surface area contributed by atoms with Gasteiger partial charge in [-0.3, -0.25) is 0 Å². The SMILES string of the molecule is CSc1cc(Br)cc(C2(N)CCCC2)c1. The van der Waals surface area contributed by atoms with Gasteiger partial charge in [-0.05, 0) is 42.9 Å². The van der Waals surface area contributed by atoms with Gasteiger partial charge in [-0.2, -0.15) is 0 Å². The highest BCUT2D eigenvalue weighted by molar-refractivity contribution is 9.10. The van der Waals surface area contributed by atoms with Crippen LogP contribution in [0.25, 0.3) is 0 Å². The van der Waals surface area contributed by atoms with Gasteiger partial charge in [0.1, 0.15) is 0 Å². The Morgan fingerprint density at radius 2 is 1.93 bits per heavy atom. The van der Waals surface area contributed by atoms with Gasteiger partial charge in [-0.15, -0.1) is 11.8 Å². The lowest BCUT2D eigenvalue weighted by Gasteiger charge is -2.25. The Hall–Kier alpha value is 0.01000. The molecule has 1 aromatic rings. The van der Waals surface area contributed by atoms with Crippen LogP contribution < -0.4 is 5.73 Å². The van der Waals surface area contributed by atoms with Crippen molar-refractivity contribution in [2.45, 2.75) is 36.1 Å². The molecule has 1 nitrogen and oxygen atoms in total. The lowest BCUT2D eigenvalue weighted by molar-refractivity contribution is 0.460. The first-order chi connectivity index (χ1) is 7.14. The maximum atomic E-state index is 6.44. The Balaban J connectivity index is 2.38. The molecule has 1 aliphatic carbocycles. The van der Waals surface area contributed by atoms with Crippen LogP contribution in [0.2, 0.25) is 0 Å². The highest BCUT2D eigenvalue weighted by atomic mass is 79.9. The number of rotatable bonds is 2. The average Bonchev–Trinajstić information content (AvgIpc) is 2.65. The largest absolute Gasteiger partial charge is 0.321 e. The van der Waals surface area contributed by atoms with E-state index in [-0.39, 0.29) is 5.54 Å². The molecule has 0 saturated heterocycles. The zero-order chi connectivity index (χ0) is 10.9. The Morgan fingerprint density at radius 3 is 2.53 bits per heavy atom. The fraction of sp³-hybridized carbons (Fsp3) is 0.500. The molecule has 0 aromatic heterocycles. The van der Waals surface area contributed by atoms with Gasteiger partial charge in [0, 0.05) is 14.9 Å². The summed E-state index contributed by atoms with van der Waals surface area (Å²) in [5.41, 5.74) is 7.66. The molecule has 1 saturated carbocycles. The smallest absolute Gasteiger partial charge is 0.0410 e. The van der Waals surface area contributed by atoms with Gasteiger partial charge in [0.25, 0.3) is 0 Å². The topological polar surface area (TPSA) is 26.0 Å². The molecular formula is C12H16BrNS. The fourth-order valence-corrected chi connectivity index (χ4v) is 3.40. The summed E-state index contributed by atoms with van der Waals surface area (Å²) in [6.07, 6.45) is 6.87. The van der Waals surface area contributed by atoms with Gasteiger partial charge in [0.05, 0.1) is 0 Å². The summed E-state index contributed by atoms with van der Waals surface area (Å²) in [5, 5.41) is 0. The van der Waals surface area contributed by atoms with Crippen molar-refractivity contribution in [2.75, 3.05) is 6.26 Å². The Labute approximate surface area is 104 Å². The van der Waals surface area contributed by atoms with Crippen LogP contribution in [0, 0.1) is 0 Å². The predicted molar refractivity (Wildman–Crippen MR) is 70.3 cm³/mol. The highest BCUT2D eigenvalue weighted by Crippen LogP contribution is 2.38. The standard InChI is InChI=1S/C12H16BrNS/c1-15-11-7-9(6-10(13)8-11)12(14)4-2-3-5-12/h6-8H,2-5,14H2,1H3. The summed E-state index contributed by atoms with van der Waals surface area (Å²) in [4.78, 5) is 1.29. The number of thioether (sulfide) groups is 1. The summed E-state index contributed by atoms with van der Waals surface area (Å²) in [6.45, 7) is 0. The molecule has 0 aliphatic heterocycles. The number of hydrogen-bond donors (Lipinski definition) is 1. The van der Waals surface area contributed by atoms with Gasteiger partial charge in [-0.25, -0.2) is 0 Å². The monoisotopic (exact) mass is 285 g/mol. The van der Waals surface area contributed by atoms with Crippen molar-refractivity contribution < 1.29 is 0 Å². The van der Waals surface area contributed by atoms with Crippen molar-refractivity contribution in [3.63, 3.8) is 0 Å². The van der Waals surface area contributed by atoms with Gasteiger partial charge in [0.2, 0.25) is 0 Å². The molecule has 0 unspecified atom stereocenters. The minimum atomic E-state index is -0.0751. The minimum absolute atomic E-state index is 0.0751. The molecule has 15 heavy (non-hydrogen) atoms. The van der Waals surface area contributed by atoms with E-state index in [1.54, 1.807) is 11.8 Å². The van der Waals surface area contributed by atoms with E-state index in [9.17, 15) is 0 Å². The van der Waals surface area contributed by atoms with E-state index in [0.29, 0.717) is 0 Å². The first-order valence-electron chi connectivity index (χ1n) is 5.28. The van der Waals surface area contributed by atoms with Crippen molar-refractivity contribution >= 4 is 27.7 Å². The first kappa shape index (κ1) is 11.5. The van der Waals surface area contributed by atoms with Crippen molar-refractivity contribution in [2.24, 2.45) is 5.73 Å². The number of benzene rings is 1. The Morgan fingerprint density at radius 1 is 1.27 bits per heavy atom. The third-order valence-electron chi connectivity index (χ3n) is 3.18. The van der Waals surface area contributed by atoms with Gasteiger partial charge in [-0.1, -0.05) is 28.8 Å². The molecule has 3 heteroatoms. The van der Waals surface area contributed by atoms with Gasteiger partial charge >= 0.3 is 0 Å². The highest BCUT2D eigenvalue weighted by Gasteiger charge is 2.31. The minimum Gasteiger partial charge on any atom is -0.321 e. The Kier molecular flexibility index (Phi) is 3.43. The maximum absolute atomic E-state index is 6.44. The van der Waals surface area contributed by atoms with Crippen LogP contribution in [-0.4, -0.2) is 6.26 Å².